The molecule has 1 fully saturated rings. The maximum Gasteiger partial charge on any atom is 0.326 e. The highest BCUT2D eigenvalue weighted by Crippen LogP contribution is 2.24. The normalized spacial score (nSPS) is 23.4. The summed E-state index contributed by atoms with van der Waals surface area (Å²) >= 11 is 0. The summed E-state index contributed by atoms with van der Waals surface area (Å²) in [6.07, 6.45) is -0.503. The van der Waals surface area contributed by atoms with Gasteiger partial charge in [-0.3, -0.25) is 0 Å². The standard InChI is InChI=1S/C11H11N3O3/c12-5-7-2-1-3-10(13-7)14-6-8(15)4-9(14)11(16)17/h1-3,8-9,15H,4,6H2,(H,16,17). The number of hydrogen-bond donors (Lipinski definition) is 2. The number of β-amino-alcohol motifs (C(OH)–C–C–N with tert-alkyl or cyclic N) is 1. The van der Waals surface area contributed by atoms with Gasteiger partial charge in [-0.15, -0.1) is 0 Å². The highest BCUT2D eigenvalue weighted by molar-refractivity contribution is 5.78. The van der Waals surface area contributed by atoms with Crippen molar-refractivity contribution in [3.8, 4) is 6.07 Å². The van der Waals surface area contributed by atoms with Crippen molar-refractivity contribution in [1.82, 2.24) is 4.98 Å². The van der Waals surface area contributed by atoms with Crippen molar-refractivity contribution < 1.29 is 15.0 Å². The SMILES string of the molecule is N#Cc1cccc(N2CC(O)CC2C(=O)O)n1. The molecule has 6 nitrogen and oxygen atoms in total. The van der Waals surface area contributed by atoms with Gasteiger partial charge in [-0.05, 0) is 12.1 Å². The Morgan fingerprint density at radius 1 is 1.59 bits per heavy atom. The second kappa shape index (κ2) is 4.39. The highest BCUT2D eigenvalue weighted by atomic mass is 16.4. The van der Waals surface area contributed by atoms with Crippen molar-refractivity contribution in [3.05, 3.63) is 23.9 Å². The zero-order valence-electron chi connectivity index (χ0n) is 8.95. The average Bonchev–Trinajstić information content (AvgIpc) is 2.72. The molecular weight excluding hydrogens is 222 g/mol. The van der Waals surface area contributed by atoms with Crippen LogP contribution in [-0.2, 0) is 4.79 Å². The Labute approximate surface area is 97.7 Å². The minimum absolute atomic E-state index is 0.174. The van der Waals surface area contributed by atoms with E-state index in [1.807, 2.05) is 6.07 Å². The van der Waals surface area contributed by atoms with Crippen molar-refractivity contribution in [3.63, 3.8) is 0 Å². The Morgan fingerprint density at radius 3 is 3.00 bits per heavy atom. The van der Waals surface area contributed by atoms with Gasteiger partial charge in [0.2, 0.25) is 0 Å². The van der Waals surface area contributed by atoms with E-state index in [1.165, 1.54) is 4.90 Å². The third kappa shape index (κ3) is 2.19. The van der Waals surface area contributed by atoms with Crippen LogP contribution in [0.4, 0.5) is 5.82 Å². The van der Waals surface area contributed by atoms with E-state index in [2.05, 4.69) is 4.98 Å². The minimum atomic E-state index is -0.995. The van der Waals surface area contributed by atoms with E-state index >= 15 is 0 Å². The summed E-state index contributed by atoms with van der Waals surface area (Å²) in [5.74, 6) is -0.585. The van der Waals surface area contributed by atoms with E-state index in [0.29, 0.717) is 5.82 Å². The fraction of sp³-hybridized carbons (Fsp3) is 0.364. The molecule has 0 aliphatic carbocycles. The molecule has 1 aliphatic rings. The summed E-state index contributed by atoms with van der Waals surface area (Å²) in [7, 11) is 0. The van der Waals surface area contributed by atoms with Crippen LogP contribution in [0, 0.1) is 11.3 Å². The lowest BCUT2D eigenvalue weighted by molar-refractivity contribution is -0.138. The van der Waals surface area contributed by atoms with Crippen molar-refractivity contribution in [2.24, 2.45) is 0 Å². The molecule has 2 heterocycles. The van der Waals surface area contributed by atoms with Gasteiger partial charge in [0.05, 0.1) is 6.10 Å². The first-order chi connectivity index (χ1) is 8.11. The first-order valence-corrected chi connectivity index (χ1v) is 5.16. The summed E-state index contributed by atoms with van der Waals surface area (Å²) in [5.41, 5.74) is 0.230. The monoisotopic (exact) mass is 233 g/mol. The van der Waals surface area contributed by atoms with Crippen molar-refractivity contribution in [2.75, 3.05) is 11.4 Å². The molecule has 88 valence electrons. The van der Waals surface area contributed by atoms with Crippen LogP contribution in [0.3, 0.4) is 0 Å². The number of carboxylic acids is 1. The maximum atomic E-state index is 11.0. The van der Waals surface area contributed by atoms with Crippen LogP contribution in [0.25, 0.3) is 0 Å². The van der Waals surface area contributed by atoms with Gasteiger partial charge >= 0.3 is 5.97 Å². The molecule has 2 rings (SSSR count). The molecule has 1 saturated heterocycles. The number of carbonyl (C=O) groups is 1. The van der Waals surface area contributed by atoms with Gasteiger partial charge in [-0.2, -0.15) is 5.26 Å². The van der Waals surface area contributed by atoms with Crippen LogP contribution in [-0.4, -0.2) is 39.9 Å². The summed E-state index contributed by atoms with van der Waals surface area (Å²) in [6, 6.07) is 5.94. The first kappa shape index (κ1) is 11.4. The molecular formula is C11H11N3O3. The Morgan fingerprint density at radius 2 is 2.35 bits per heavy atom. The molecule has 1 aliphatic heterocycles. The Kier molecular flexibility index (Phi) is 2.93. The number of aliphatic hydroxyl groups excluding tert-OH is 1. The summed E-state index contributed by atoms with van der Waals surface area (Å²) in [4.78, 5) is 16.6. The lowest BCUT2D eigenvalue weighted by atomic mass is 10.2. The molecule has 2 atom stereocenters. The smallest absolute Gasteiger partial charge is 0.326 e. The van der Waals surface area contributed by atoms with Gasteiger partial charge in [0, 0.05) is 13.0 Å². The van der Waals surface area contributed by atoms with Crippen LogP contribution in [0.5, 0.6) is 0 Å². The molecule has 2 unspecified atom stereocenters. The molecule has 1 aromatic rings. The Balaban J connectivity index is 2.32. The fourth-order valence-corrected chi connectivity index (χ4v) is 1.95. The van der Waals surface area contributed by atoms with Crippen LogP contribution in [0.15, 0.2) is 18.2 Å². The van der Waals surface area contributed by atoms with E-state index in [0.717, 1.165) is 0 Å². The van der Waals surface area contributed by atoms with E-state index in [-0.39, 0.29) is 18.7 Å². The molecule has 0 saturated carbocycles. The summed E-state index contributed by atoms with van der Waals surface area (Å²) < 4.78 is 0. The second-order valence-electron chi connectivity index (χ2n) is 3.89. The number of aromatic nitrogens is 1. The number of aliphatic hydroxyl groups is 1. The van der Waals surface area contributed by atoms with Gasteiger partial charge in [0.25, 0.3) is 0 Å². The molecule has 0 radical (unpaired) electrons. The largest absolute Gasteiger partial charge is 0.480 e. The fourth-order valence-electron chi connectivity index (χ4n) is 1.95. The summed E-state index contributed by atoms with van der Waals surface area (Å²) in [5, 5.41) is 27.3. The van der Waals surface area contributed by atoms with Crippen LogP contribution in [0.2, 0.25) is 0 Å². The predicted molar refractivity (Wildman–Crippen MR) is 58.3 cm³/mol. The highest BCUT2D eigenvalue weighted by Gasteiger charge is 2.36. The molecule has 0 aromatic carbocycles. The Hall–Kier alpha value is -2.13. The molecule has 1 aromatic heterocycles. The van der Waals surface area contributed by atoms with Gasteiger partial charge in [-0.25, -0.2) is 9.78 Å². The zero-order chi connectivity index (χ0) is 12.4. The van der Waals surface area contributed by atoms with E-state index in [1.54, 1.807) is 18.2 Å². The lowest BCUT2D eigenvalue weighted by Crippen LogP contribution is -2.36. The van der Waals surface area contributed by atoms with Gasteiger partial charge < -0.3 is 15.1 Å². The lowest BCUT2D eigenvalue weighted by Gasteiger charge is -2.21. The van der Waals surface area contributed by atoms with Gasteiger partial charge in [-0.1, -0.05) is 6.07 Å². The summed E-state index contributed by atoms with van der Waals surface area (Å²) in [6.45, 7) is 0.221. The van der Waals surface area contributed by atoms with Crippen molar-refractivity contribution in [2.45, 2.75) is 18.6 Å². The first-order valence-electron chi connectivity index (χ1n) is 5.16. The van der Waals surface area contributed by atoms with Crippen LogP contribution in [0.1, 0.15) is 12.1 Å². The predicted octanol–water partition coefficient (Wildman–Crippen LogP) is -0.0225. The average molecular weight is 233 g/mol. The van der Waals surface area contributed by atoms with E-state index in [9.17, 15) is 9.90 Å². The third-order valence-electron chi connectivity index (χ3n) is 2.71. The van der Waals surface area contributed by atoms with Crippen molar-refractivity contribution >= 4 is 11.8 Å². The Bertz CT molecular complexity index is 483. The number of rotatable bonds is 2. The number of nitriles is 1. The van der Waals surface area contributed by atoms with Crippen LogP contribution >= 0.6 is 0 Å². The second-order valence-corrected chi connectivity index (χ2v) is 3.89. The molecule has 2 N–H and O–H groups in total. The number of anilines is 1. The molecule has 0 bridgehead atoms. The van der Waals surface area contributed by atoms with Gasteiger partial charge in [0.1, 0.15) is 23.6 Å². The minimum Gasteiger partial charge on any atom is -0.480 e. The number of hydrogen-bond acceptors (Lipinski definition) is 5. The quantitative estimate of drug-likeness (QED) is 0.744. The number of aliphatic carboxylic acids is 1. The van der Waals surface area contributed by atoms with E-state index in [4.69, 9.17) is 10.4 Å². The van der Waals surface area contributed by atoms with Gasteiger partial charge in [0.15, 0.2) is 0 Å². The van der Waals surface area contributed by atoms with Crippen molar-refractivity contribution in [1.29, 1.82) is 5.26 Å². The zero-order valence-corrected chi connectivity index (χ0v) is 8.95. The molecule has 6 heteroatoms. The topological polar surface area (TPSA) is 97.5 Å². The number of pyridine rings is 1. The number of nitrogens with zero attached hydrogens (tertiary/aromatic N) is 3. The van der Waals surface area contributed by atoms with Crippen LogP contribution < -0.4 is 4.90 Å². The maximum absolute atomic E-state index is 11.0. The molecule has 0 amide bonds. The molecule has 0 spiro atoms. The van der Waals surface area contributed by atoms with E-state index < -0.39 is 18.1 Å². The third-order valence-corrected chi connectivity index (χ3v) is 2.71. The number of carboxylic acid groups (broad SMARTS) is 1. The molecule has 17 heavy (non-hydrogen) atoms.